The molecule has 3 amide bonds. The molecule has 1 saturated heterocycles. The maximum Gasteiger partial charge on any atom is 0.314 e. The van der Waals surface area contributed by atoms with Crippen LogP contribution in [0.25, 0.3) is 0 Å². The van der Waals surface area contributed by atoms with Crippen LogP contribution in [-0.4, -0.2) is 44.6 Å². The molecule has 1 aliphatic heterocycles. The highest BCUT2D eigenvalue weighted by molar-refractivity contribution is 7.90. The first-order valence-corrected chi connectivity index (χ1v) is 8.82. The van der Waals surface area contributed by atoms with Crippen LogP contribution in [0.3, 0.4) is 0 Å². The molecule has 0 radical (unpaired) electrons. The molecule has 0 spiro atoms. The van der Waals surface area contributed by atoms with Crippen LogP contribution >= 0.6 is 0 Å². The Morgan fingerprint density at radius 1 is 1.36 bits per heavy atom. The molecule has 0 aromatic heterocycles. The highest BCUT2D eigenvalue weighted by Gasteiger charge is 2.27. The number of nitrogens with zero attached hydrogens (tertiary/aromatic N) is 1. The highest BCUT2D eigenvalue weighted by Crippen LogP contribution is 2.20. The molecular formula is C14H19N3O4S. The maximum absolute atomic E-state index is 12.3. The summed E-state index contributed by atoms with van der Waals surface area (Å²) in [6.07, 6.45) is 2.49. The average molecular weight is 325 g/mol. The van der Waals surface area contributed by atoms with Crippen molar-refractivity contribution < 1.29 is 18.0 Å². The summed E-state index contributed by atoms with van der Waals surface area (Å²) in [5.74, 6) is -0.584. The van der Waals surface area contributed by atoms with E-state index in [0.29, 0.717) is 25.1 Å². The molecule has 1 aromatic rings. The summed E-state index contributed by atoms with van der Waals surface area (Å²) in [5.41, 5.74) is 5.66. The molecule has 2 rings (SSSR count). The lowest BCUT2D eigenvalue weighted by atomic mass is 9.97. The lowest BCUT2D eigenvalue weighted by Crippen LogP contribution is -2.46. The zero-order chi connectivity index (χ0) is 16.3. The van der Waals surface area contributed by atoms with Gasteiger partial charge in [0.05, 0.1) is 10.8 Å². The van der Waals surface area contributed by atoms with Crippen molar-refractivity contribution in [1.82, 2.24) is 4.90 Å². The predicted molar refractivity (Wildman–Crippen MR) is 82.1 cm³/mol. The van der Waals surface area contributed by atoms with E-state index in [1.165, 1.54) is 17.0 Å². The lowest BCUT2D eigenvalue weighted by Gasteiger charge is -2.30. The van der Waals surface area contributed by atoms with Crippen molar-refractivity contribution in [1.29, 1.82) is 0 Å². The molecule has 1 aromatic carbocycles. The van der Waals surface area contributed by atoms with Gasteiger partial charge in [-0.05, 0) is 31.0 Å². The lowest BCUT2D eigenvalue weighted by molar-refractivity contribution is -0.121. The largest absolute Gasteiger partial charge is 0.351 e. The van der Waals surface area contributed by atoms with Crippen molar-refractivity contribution >= 4 is 27.5 Å². The Hall–Kier alpha value is -2.09. The van der Waals surface area contributed by atoms with Gasteiger partial charge >= 0.3 is 6.03 Å². The molecule has 1 atom stereocenters. The summed E-state index contributed by atoms with van der Waals surface area (Å²) >= 11 is 0. The molecule has 120 valence electrons. The summed E-state index contributed by atoms with van der Waals surface area (Å²) in [6.45, 7) is 0.843. The number of hydrogen-bond donors (Lipinski definition) is 2. The number of anilines is 1. The van der Waals surface area contributed by atoms with Crippen LogP contribution in [0.15, 0.2) is 29.2 Å². The quantitative estimate of drug-likeness (QED) is 0.857. The van der Waals surface area contributed by atoms with Gasteiger partial charge in [0.1, 0.15) is 0 Å². The Kier molecular flexibility index (Phi) is 4.70. The number of primary amides is 1. The molecule has 0 unspecified atom stereocenters. The normalized spacial score (nSPS) is 18.8. The van der Waals surface area contributed by atoms with E-state index in [9.17, 15) is 18.0 Å². The smallest absolute Gasteiger partial charge is 0.314 e. The predicted octanol–water partition coefficient (Wildman–Crippen LogP) is 0.819. The Bertz CT molecular complexity index is 687. The van der Waals surface area contributed by atoms with Crippen molar-refractivity contribution in [2.45, 2.75) is 17.7 Å². The van der Waals surface area contributed by atoms with Gasteiger partial charge in [0.25, 0.3) is 0 Å². The SMILES string of the molecule is CS(=O)(=O)c1cccc(NC(=O)[C@@H]2CCCN(C(N)=O)C2)c1. The topological polar surface area (TPSA) is 110 Å². The highest BCUT2D eigenvalue weighted by atomic mass is 32.2. The van der Waals surface area contributed by atoms with Gasteiger partial charge in [-0.3, -0.25) is 4.79 Å². The average Bonchev–Trinajstić information content (AvgIpc) is 2.46. The first kappa shape index (κ1) is 16.3. The van der Waals surface area contributed by atoms with Crippen LogP contribution in [0.5, 0.6) is 0 Å². The van der Waals surface area contributed by atoms with Gasteiger partial charge in [-0.15, -0.1) is 0 Å². The fraction of sp³-hybridized carbons (Fsp3) is 0.429. The van der Waals surface area contributed by atoms with Gasteiger partial charge < -0.3 is 16.0 Å². The molecule has 0 saturated carbocycles. The van der Waals surface area contributed by atoms with Crippen molar-refractivity contribution in [3.8, 4) is 0 Å². The molecule has 7 nitrogen and oxygen atoms in total. The van der Waals surface area contributed by atoms with Crippen molar-refractivity contribution in [2.75, 3.05) is 24.7 Å². The minimum atomic E-state index is -3.33. The van der Waals surface area contributed by atoms with Crippen LogP contribution in [0, 0.1) is 5.92 Å². The third kappa shape index (κ3) is 3.97. The number of carbonyl (C=O) groups excluding carboxylic acids is 2. The molecule has 0 bridgehead atoms. The molecule has 3 N–H and O–H groups in total. The van der Waals surface area contributed by atoms with Crippen LogP contribution in [0.4, 0.5) is 10.5 Å². The number of amides is 3. The van der Waals surface area contributed by atoms with E-state index in [4.69, 9.17) is 5.73 Å². The van der Waals surface area contributed by atoms with E-state index in [1.807, 2.05) is 0 Å². The summed E-state index contributed by atoms with van der Waals surface area (Å²) in [7, 11) is -3.33. The second-order valence-electron chi connectivity index (χ2n) is 5.41. The van der Waals surface area contributed by atoms with E-state index >= 15 is 0 Å². The standard InChI is InChI=1S/C14H19N3O4S/c1-22(20,21)12-6-2-5-11(8-12)16-13(18)10-4-3-7-17(9-10)14(15)19/h2,5-6,8,10H,3-4,7,9H2,1H3,(H2,15,19)(H,16,18)/t10-/m1/s1. The van der Waals surface area contributed by atoms with Gasteiger partial charge in [-0.2, -0.15) is 0 Å². The monoisotopic (exact) mass is 325 g/mol. The number of benzene rings is 1. The number of rotatable bonds is 3. The zero-order valence-corrected chi connectivity index (χ0v) is 13.1. The molecule has 1 aliphatic rings. The van der Waals surface area contributed by atoms with Crippen LogP contribution in [0.1, 0.15) is 12.8 Å². The van der Waals surface area contributed by atoms with E-state index in [1.54, 1.807) is 12.1 Å². The number of likely N-dealkylation sites (tertiary alicyclic amines) is 1. The number of nitrogens with two attached hydrogens (primary N) is 1. The van der Waals surface area contributed by atoms with E-state index in [0.717, 1.165) is 6.26 Å². The number of sulfone groups is 1. The minimum Gasteiger partial charge on any atom is -0.351 e. The fourth-order valence-electron chi connectivity index (χ4n) is 2.44. The van der Waals surface area contributed by atoms with E-state index in [2.05, 4.69) is 5.32 Å². The van der Waals surface area contributed by atoms with Gasteiger partial charge in [0.2, 0.25) is 5.91 Å². The van der Waals surface area contributed by atoms with E-state index < -0.39 is 15.9 Å². The van der Waals surface area contributed by atoms with Crippen molar-refractivity contribution in [3.05, 3.63) is 24.3 Å². The third-order valence-corrected chi connectivity index (χ3v) is 4.74. The Morgan fingerprint density at radius 2 is 2.09 bits per heavy atom. The van der Waals surface area contributed by atoms with Crippen molar-refractivity contribution in [2.24, 2.45) is 11.7 Å². The Balaban J connectivity index is 2.07. The van der Waals surface area contributed by atoms with Crippen LogP contribution in [0.2, 0.25) is 0 Å². The summed E-state index contributed by atoms with van der Waals surface area (Å²) in [6, 6.07) is 5.56. The molecule has 22 heavy (non-hydrogen) atoms. The second-order valence-corrected chi connectivity index (χ2v) is 7.43. The number of nitrogens with one attached hydrogen (secondary N) is 1. The van der Waals surface area contributed by atoms with E-state index in [-0.39, 0.29) is 23.3 Å². The van der Waals surface area contributed by atoms with Gasteiger partial charge in [0, 0.05) is 25.0 Å². The Labute approximate surface area is 129 Å². The molecule has 1 heterocycles. The summed E-state index contributed by atoms with van der Waals surface area (Å²) in [4.78, 5) is 25.0. The zero-order valence-electron chi connectivity index (χ0n) is 12.3. The first-order chi connectivity index (χ1) is 10.3. The Morgan fingerprint density at radius 3 is 2.73 bits per heavy atom. The molecule has 8 heteroatoms. The van der Waals surface area contributed by atoms with Gasteiger partial charge in [-0.1, -0.05) is 6.07 Å². The fourth-order valence-corrected chi connectivity index (χ4v) is 3.11. The summed E-state index contributed by atoms with van der Waals surface area (Å²) < 4.78 is 23.0. The summed E-state index contributed by atoms with van der Waals surface area (Å²) in [5, 5.41) is 2.70. The van der Waals surface area contributed by atoms with Gasteiger partial charge in [-0.25, -0.2) is 13.2 Å². The first-order valence-electron chi connectivity index (χ1n) is 6.93. The third-order valence-electron chi connectivity index (χ3n) is 3.63. The molecule has 0 aliphatic carbocycles. The van der Waals surface area contributed by atoms with Gasteiger partial charge in [0.15, 0.2) is 9.84 Å². The number of urea groups is 1. The second kappa shape index (κ2) is 6.35. The molecule has 1 fully saturated rings. The number of carbonyl (C=O) groups is 2. The minimum absolute atomic E-state index is 0.146. The number of piperidine rings is 1. The van der Waals surface area contributed by atoms with Crippen LogP contribution < -0.4 is 11.1 Å². The maximum atomic E-state index is 12.3. The number of hydrogen-bond acceptors (Lipinski definition) is 4. The molecular weight excluding hydrogens is 306 g/mol. The van der Waals surface area contributed by atoms with Crippen molar-refractivity contribution in [3.63, 3.8) is 0 Å². The van der Waals surface area contributed by atoms with Crippen LogP contribution in [-0.2, 0) is 14.6 Å².